The number of carbonyl (C=O) groups is 1. The Bertz CT molecular complexity index is 685. The van der Waals surface area contributed by atoms with E-state index in [2.05, 4.69) is 0 Å². The van der Waals surface area contributed by atoms with Crippen molar-refractivity contribution in [1.82, 2.24) is 0 Å². The number of ether oxygens (including phenoxy) is 1. The fourth-order valence-corrected chi connectivity index (χ4v) is 2.33. The molecule has 0 unspecified atom stereocenters. The highest BCUT2D eigenvalue weighted by Gasteiger charge is 2.19. The molecule has 6 nitrogen and oxygen atoms in total. The third-order valence-corrected chi connectivity index (χ3v) is 3.40. The second kappa shape index (κ2) is 8.05. The molecule has 6 heteroatoms. The molecule has 120 valence electrons. The van der Waals surface area contributed by atoms with E-state index in [1.165, 1.54) is 6.07 Å². The van der Waals surface area contributed by atoms with Crippen molar-refractivity contribution in [3.8, 4) is 0 Å². The Morgan fingerprint density at radius 2 is 1.87 bits per heavy atom. The van der Waals surface area contributed by atoms with Crippen molar-refractivity contribution in [2.75, 3.05) is 6.61 Å². The molecule has 0 fully saturated rings. The van der Waals surface area contributed by atoms with Crippen molar-refractivity contribution in [2.24, 2.45) is 0 Å². The lowest BCUT2D eigenvalue weighted by Gasteiger charge is -2.09. The summed E-state index contributed by atoms with van der Waals surface area (Å²) in [6.07, 6.45) is 0.0578. The molecule has 0 saturated carbocycles. The summed E-state index contributed by atoms with van der Waals surface area (Å²) in [7, 11) is 0. The number of carboxylic acid groups (broad SMARTS) is 1. The van der Waals surface area contributed by atoms with Gasteiger partial charge in [-0.2, -0.15) is 0 Å². The Balaban J connectivity index is 2.02. The number of hydrogen-bond acceptors (Lipinski definition) is 4. The van der Waals surface area contributed by atoms with Crippen LogP contribution in [0.25, 0.3) is 0 Å². The molecule has 2 aromatic carbocycles. The number of nitro benzene ring substituents is 1. The van der Waals surface area contributed by atoms with Crippen LogP contribution >= 0.6 is 0 Å². The highest BCUT2D eigenvalue weighted by atomic mass is 16.6. The van der Waals surface area contributed by atoms with Crippen LogP contribution in [0.15, 0.2) is 48.5 Å². The van der Waals surface area contributed by atoms with Gasteiger partial charge in [0, 0.05) is 11.6 Å². The fraction of sp³-hybridized carbons (Fsp3) is 0.235. The Hall–Kier alpha value is -2.73. The standard InChI is InChI=1S/C17H17NO5/c19-17(20)11-15-14(7-4-8-16(15)18(21)22)9-10-23-12-13-5-2-1-3-6-13/h1-8H,9-12H2,(H,19,20). The highest BCUT2D eigenvalue weighted by molar-refractivity contribution is 5.73. The van der Waals surface area contributed by atoms with Crippen molar-refractivity contribution < 1.29 is 19.6 Å². The molecule has 23 heavy (non-hydrogen) atoms. The summed E-state index contributed by atoms with van der Waals surface area (Å²) >= 11 is 0. The number of rotatable bonds is 8. The van der Waals surface area contributed by atoms with E-state index in [0.29, 0.717) is 25.2 Å². The Morgan fingerprint density at radius 3 is 2.52 bits per heavy atom. The Labute approximate surface area is 133 Å². The maximum absolute atomic E-state index is 11.1. The van der Waals surface area contributed by atoms with Gasteiger partial charge in [-0.15, -0.1) is 0 Å². The molecule has 0 amide bonds. The normalized spacial score (nSPS) is 10.4. The van der Waals surface area contributed by atoms with Gasteiger partial charge in [-0.1, -0.05) is 42.5 Å². The van der Waals surface area contributed by atoms with Crippen molar-refractivity contribution in [1.29, 1.82) is 0 Å². The van der Waals surface area contributed by atoms with Crippen LogP contribution in [0.5, 0.6) is 0 Å². The van der Waals surface area contributed by atoms with E-state index < -0.39 is 10.9 Å². The molecule has 0 aromatic heterocycles. The molecule has 0 aliphatic rings. The lowest BCUT2D eigenvalue weighted by atomic mass is 10.00. The van der Waals surface area contributed by atoms with Gasteiger partial charge in [0.05, 0.1) is 24.6 Å². The van der Waals surface area contributed by atoms with Gasteiger partial charge in [0.25, 0.3) is 5.69 Å². The summed E-state index contributed by atoms with van der Waals surface area (Å²) in [5.74, 6) is -1.09. The smallest absolute Gasteiger partial charge is 0.308 e. The molecule has 0 bridgehead atoms. The predicted octanol–water partition coefficient (Wildman–Crippen LogP) is 2.98. The van der Waals surface area contributed by atoms with Crippen LogP contribution in [0.1, 0.15) is 16.7 Å². The molecule has 1 N–H and O–H groups in total. The first-order chi connectivity index (χ1) is 11.1. The molecule has 0 heterocycles. The highest BCUT2D eigenvalue weighted by Crippen LogP contribution is 2.23. The zero-order valence-corrected chi connectivity index (χ0v) is 12.5. The summed E-state index contributed by atoms with van der Waals surface area (Å²) < 4.78 is 5.57. The topological polar surface area (TPSA) is 89.7 Å². The lowest BCUT2D eigenvalue weighted by molar-refractivity contribution is -0.385. The van der Waals surface area contributed by atoms with Crippen LogP contribution in [0.3, 0.4) is 0 Å². The van der Waals surface area contributed by atoms with Gasteiger partial charge in [-0.3, -0.25) is 14.9 Å². The number of nitro groups is 1. The van der Waals surface area contributed by atoms with Gasteiger partial charge in [0.15, 0.2) is 0 Å². The number of aliphatic carboxylic acids is 1. The van der Waals surface area contributed by atoms with Crippen molar-refractivity contribution in [3.05, 3.63) is 75.3 Å². The van der Waals surface area contributed by atoms with Gasteiger partial charge in [0.1, 0.15) is 0 Å². The van der Waals surface area contributed by atoms with E-state index in [-0.39, 0.29) is 17.7 Å². The molecule has 0 saturated heterocycles. The van der Waals surface area contributed by atoms with E-state index >= 15 is 0 Å². The van der Waals surface area contributed by atoms with E-state index in [9.17, 15) is 14.9 Å². The average Bonchev–Trinajstić information content (AvgIpc) is 2.53. The maximum Gasteiger partial charge on any atom is 0.308 e. The molecule has 2 rings (SSSR count). The number of hydrogen-bond donors (Lipinski definition) is 1. The largest absolute Gasteiger partial charge is 0.481 e. The molecule has 0 aliphatic carbocycles. The number of benzene rings is 2. The minimum absolute atomic E-state index is 0.159. The van der Waals surface area contributed by atoms with E-state index in [4.69, 9.17) is 9.84 Å². The summed E-state index contributed by atoms with van der Waals surface area (Å²) in [5, 5.41) is 20.0. The minimum atomic E-state index is -1.09. The van der Waals surface area contributed by atoms with Crippen molar-refractivity contribution in [2.45, 2.75) is 19.4 Å². The van der Waals surface area contributed by atoms with Gasteiger partial charge < -0.3 is 9.84 Å². The first-order valence-electron chi connectivity index (χ1n) is 7.16. The summed E-state index contributed by atoms with van der Waals surface area (Å²) in [6.45, 7) is 0.812. The third kappa shape index (κ3) is 4.89. The molecular weight excluding hydrogens is 298 g/mol. The molecule has 0 aliphatic heterocycles. The monoisotopic (exact) mass is 315 g/mol. The van der Waals surface area contributed by atoms with Crippen LogP contribution < -0.4 is 0 Å². The van der Waals surface area contributed by atoms with Gasteiger partial charge >= 0.3 is 5.97 Å². The van der Waals surface area contributed by atoms with Crippen LogP contribution in [0, 0.1) is 10.1 Å². The summed E-state index contributed by atoms with van der Waals surface area (Å²) in [5.41, 5.74) is 1.76. The number of carboxylic acids is 1. The van der Waals surface area contributed by atoms with Crippen LogP contribution in [0.2, 0.25) is 0 Å². The van der Waals surface area contributed by atoms with Gasteiger partial charge in [-0.05, 0) is 17.5 Å². The first-order valence-corrected chi connectivity index (χ1v) is 7.16. The average molecular weight is 315 g/mol. The van der Waals surface area contributed by atoms with E-state index in [1.807, 2.05) is 30.3 Å². The SMILES string of the molecule is O=C(O)Cc1c(CCOCc2ccccc2)cccc1[N+](=O)[O-]. The number of nitrogens with zero attached hydrogens (tertiary/aromatic N) is 1. The van der Waals surface area contributed by atoms with Gasteiger partial charge in [-0.25, -0.2) is 0 Å². The molecule has 0 radical (unpaired) electrons. The van der Waals surface area contributed by atoms with Crippen LogP contribution in [-0.4, -0.2) is 22.6 Å². The third-order valence-electron chi connectivity index (χ3n) is 3.40. The Kier molecular flexibility index (Phi) is 5.82. The lowest BCUT2D eigenvalue weighted by Crippen LogP contribution is -2.09. The van der Waals surface area contributed by atoms with Crippen LogP contribution in [0.4, 0.5) is 5.69 Å². The predicted molar refractivity (Wildman–Crippen MR) is 84.2 cm³/mol. The summed E-state index contributed by atoms with van der Waals surface area (Å²) in [6, 6.07) is 14.3. The van der Waals surface area contributed by atoms with Crippen molar-refractivity contribution in [3.63, 3.8) is 0 Å². The zero-order valence-electron chi connectivity index (χ0n) is 12.5. The molecular formula is C17H17NO5. The van der Waals surface area contributed by atoms with Gasteiger partial charge in [0.2, 0.25) is 0 Å². The minimum Gasteiger partial charge on any atom is -0.481 e. The second-order valence-electron chi connectivity index (χ2n) is 5.03. The summed E-state index contributed by atoms with van der Waals surface area (Å²) in [4.78, 5) is 21.5. The fourth-order valence-electron chi connectivity index (χ4n) is 2.33. The molecule has 2 aromatic rings. The molecule has 0 atom stereocenters. The zero-order chi connectivity index (χ0) is 16.7. The molecule has 0 spiro atoms. The Morgan fingerprint density at radius 1 is 1.13 bits per heavy atom. The maximum atomic E-state index is 11.1. The first kappa shape index (κ1) is 16.6. The van der Waals surface area contributed by atoms with Crippen LogP contribution in [-0.2, 0) is 29.0 Å². The van der Waals surface area contributed by atoms with Crippen molar-refractivity contribution >= 4 is 11.7 Å². The quantitative estimate of drug-likeness (QED) is 0.459. The van der Waals surface area contributed by atoms with E-state index in [0.717, 1.165) is 5.56 Å². The van der Waals surface area contributed by atoms with E-state index in [1.54, 1.807) is 12.1 Å². The second-order valence-corrected chi connectivity index (χ2v) is 5.03.